The highest BCUT2D eigenvalue weighted by Crippen LogP contribution is 2.33. The minimum Gasteiger partial charge on any atom is -0.508 e. The van der Waals surface area contributed by atoms with Crippen LogP contribution in [0.2, 0.25) is 0 Å². The second kappa shape index (κ2) is 5.22. The van der Waals surface area contributed by atoms with Crippen molar-refractivity contribution in [1.82, 2.24) is 0 Å². The summed E-state index contributed by atoms with van der Waals surface area (Å²) < 4.78 is 5.63. The van der Waals surface area contributed by atoms with Crippen LogP contribution in [0.3, 0.4) is 0 Å². The van der Waals surface area contributed by atoms with Crippen LogP contribution in [0, 0.1) is 0 Å². The van der Waals surface area contributed by atoms with E-state index in [1.54, 1.807) is 6.07 Å². The summed E-state index contributed by atoms with van der Waals surface area (Å²) in [6, 6.07) is 13.6. The van der Waals surface area contributed by atoms with Crippen LogP contribution in [-0.2, 0) is 13.0 Å². The highest BCUT2D eigenvalue weighted by Gasteiger charge is 2.17. The minimum atomic E-state index is 0.340. The summed E-state index contributed by atoms with van der Waals surface area (Å²) in [5, 5.41) is 13.4. The van der Waals surface area contributed by atoms with Crippen molar-refractivity contribution in [3.05, 3.63) is 53.6 Å². The second-order valence-electron chi connectivity index (χ2n) is 4.71. The van der Waals surface area contributed by atoms with Crippen LogP contribution in [0.25, 0.3) is 0 Å². The van der Waals surface area contributed by atoms with Gasteiger partial charge in [0.2, 0.25) is 0 Å². The molecule has 0 saturated carbocycles. The molecule has 2 aromatic rings. The number of phenols is 1. The summed E-state index contributed by atoms with van der Waals surface area (Å²) in [7, 11) is 0. The van der Waals surface area contributed by atoms with E-state index in [0.717, 1.165) is 42.0 Å². The molecule has 0 atom stereocenters. The average molecular weight is 255 g/mol. The minimum absolute atomic E-state index is 0.340. The van der Waals surface area contributed by atoms with Crippen molar-refractivity contribution in [2.45, 2.75) is 19.4 Å². The van der Waals surface area contributed by atoms with Crippen LogP contribution < -0.4 is 10.1 Å². The summed E-state index contributed by atoms with van der Waals surface area (Å²) in [4.78, 5) is 0. The van der Waals surface area contributed by atoms with Crippen molar-refractivity contribution in [3.8, 4) is 11.5 Å². The third-order valence-electron chi connectivity index (χ3n) is 3.44. The molecule has 3 rings (SSSR count). The lowest BCUT2D eigenvalue weighted by Gasteiger charge is -2.21. The summed E-state index contributed by atoms with van der Waals surface area (Å²) >= 11 is 0. The first-order valence-electron chi connectivity index (χ1n) is 6.60. The maximum absolute atomic E-state index is 10.0. The fraction of sp³-hybridized carbons (Fsp3) is 0.250. The van der Waals surface area contributed by atoms with E-state index in [1.165, 1.54) is 0 Å². The fourth-order valence-electron chi connectivity index (χ4n) is 2.44. The molecule has 19 heavy (non-hydrogen) atoms. The predicted molar refractivity (Wildman–Crippen MR) is 75.7 cm³/mol. The van der Waals surface area contributed by atoms with Gasteiger partial charge in [0.05, 0.1) is 6.61 Å². The molecule has 0 aromatic heterocycles. The molecule has 98 valence electrons. The van der Waals surface area contributed by atoms with Gasteiger partial charge < -0.3 is 15.2 Å². The lowest BCUT2D eigenvalue weighted by Crippen LogP contribution is -2.12. The van der Waals surface area contributed by atoms with Crippen LogP contribution >= 0.6 is 0 Å². The Morgan fingerprint density at radius 2 is 1.95 bits per heavy atom. The van der Waals surface area contributed by atoms with Crippen LogP contribution in [0.1, 0.15) is 17.5 Å². The number of ether oxygens (including phenoxy) is 1. The molecule has 0 spiro atoms. The van der Waals surface area contributed by atoms with Gasteiger partial charge in [-0.05, 0) is 37.1 Å². The number of fused-ring (bicyclic) bond motifs is 1. The maximum Gasteiger partial charge on any atom is 0.123 e. The molecule has 1 aliphatic rings. The van der Waals surface area contributed by atoms with Gasteiger partial charge in [-0.3, -0.25) is 0 Å². The molecule has 0 fully saturated rings. The Kier molecular flexibility index (Phi) is 3.27. The van der Waals surface area contributed by atoms with Crippen molar-refractivity contribution in [2.75, 3.05) is 11.9 Å². The van der Waals surface area contributed by atoms with Crippen LogP contribution in [-0.4, -0.2) is 11.7 Å². The SMILES string of the molecule is Oc1ccc2c(c1CNc1ccccc1)CCCO2. The Labute approximate surface area is 112 Å². The molecule has 3 heteroatoms. The third kappa shape index (κ3) is 2.50. The Morgan fingerprint density at radius 1 is 1.11 bits per heavy atom. The predicted octanol–water partition coefficient (Wildman–Crippen LogP) is 3.33. The van der Waals surface area contributed by atoms with Gasteiger partial charge in [0.1, 0.15) is 11.5 Å². The van der Waals surface area contributed by atoms with Crippen molar-refractivity contribution in [3.63, 3.8) is 0 Å². The lowest BCUT2D eigenvalue weighted by molar-refractivity contribution is 0.286. The van der Waals surface area contributed by atoms with E-state index >= 15 is 0 Å². The Morgan fingerprint density at radius 3 is 2.79 bits per heavy atom. The number of para-hydroxylation sites is 1. The number of anilines is 1. The van der Waals surface area contributed by atoms with Crippen LogP contribution in [0.15, 0.2) is 42.5 Å². The Hall–Kier alpha value is -2.16. The first-order chi connectivity index (χ1) is 9.34. The van der Waals surface area contributed by atoms with E-state index in [0.29, 0.717) is 12.3 Å². The molecule has 2 aromatic carbocycles. The zero-order valence-electron chi connectivity index (χ0n) is 10.7. The zero-order chi connectivity index (χ0) is 13.1. The maximum atomic E-state index is 10.0. The van der Waals surface area contributed by atoms with Gasteiger partial charge in [-0.25, -0.2) is 0 Å². The van der Waals surface area contributed by atoms with Crippen molar-refractivity contribution in [2.24, 2.45) is 0 Å². The number of benzene rings is 2. The largest absolute Gasteiger partial charge is 0.508 e. The number of hydrogen-bond donors (Lipinski definition) is 2. The molecule has 0 unspecified atom stereocenters. The lowest BCUT2D eigenvalue weighted by atomic mass is 9.99. The first kappa shape index (κ1) is 11.9. The molecule has 3 nitrogen and oxygen atoms in total. The first-order valence-corrected chi connectivity index (χ1v) is 6.60. The molecule has 0 bridgehead atoms. The number of hydrogen-bond acceptors (Lipinski definition) is 3. The monoisotopic (exact) mass is 255 g/mol. The van der Waals surface area contributed by atoms with Crippen molar-refractivity contribution in [1.29, 1.82) is 0 Å². The molecule has 1 aliphatic heterocycles. The fourth-order valence-corrected chi connectivity index (χ4v) is 2.44. The molecule has 0 amide bonds. The normalized spacial score (nSPS) is 13.5. The van der Waals surface area contributed by atoms with Gasteiger partial charge >= 0.3 is 0 Å². The quantitative estimate of drug-likeness (QED) is 0.884. The topological polar surface area (TPSA) is 41.5 Å². The second-order valence-corrected chi connectivity index (χ2v) is 4.71. The molecule has 0 saturated heterocycles. The van der Waals surface area contributed by atoms with Gasteiger partial charge in [-0.1, -0.05) is 18.2 Å². The van der Waals surface area contributed by atoms with E-state index < -0.39 is 0 Å². The molecule has 1 heterocycles. The van der Waals surface area contributed by atoms with Gasteiger partial charge in [-0.2, -0.15) is 0 Å². The molecule has 2 N–H and O–H groups in total. The van der Waals surface area contributed by atoms with E-state index in [4.69, 9.17) is 4.74 Å². The van der Waals surface area contributed by atoms with E-state index in [2.05, 4.69) is 5.32 Å². The number of nitrogens with one attached hydrogen (secondary N) is 1. The van der Waals surface area contributed by atoms with E-state index in [9.17, 15) is 5.11 Å². The van der Waals surface area contributed by atoms with Gasteiger partial charge in [0.25, 0.3) is 0 Å². The molecule has 0 aliphatic carbocycles. The standard InChI is InChI=1S/C16H17NO2/c18-15-8-9-16-13(7-4-10-19-16)14(15)11-17-12-5-2-1-3-6-12/h1-3,5-6,8-9,17-18H,4,7,10-11H2. The number of phenolic OH excluding ortho intramolecular Hbond substituents is 1. The smallest absolute Gasteiger partial charge is 0.123 e. The highest BCUT2D eigenvalue weighted by molar-refractivity contribution is 5.51. The van der Waals surface area contributed by atoms with E-state index in [1.807, 2.05) is 36.4 Å². The van der Waals surface area contributed by atoms with Gasteiger partial charge in [0.15, 0.2) is 0 Å². The van der Waals surface area contributed by atoms with Gasteiger partial charge in [0, 0.05) is 23.4 Å². The average Bonchev–Trinajstić information content (AvgIpc) is 2.47. The van der Waals surface area contributed by atoms with Gasteiger partial charge in [-0.15, -0.1) is 0 Å². The summed E-state index contributed by atoms with van der Waals surface area (Å²) in [5.74, 6) is 1.25. The van der Waals surface area contributed by atoms with Crippen LogP contribution in [0.5, 0.6) is 11.5 Å². The third-order valence-corrected chi connectivity index (χ3v) is 3.44. The molecular formula is C16H17NO2. The van der Waals surface area contributed by atoms with Crippen LogP contribution in [0.4, 0.5) is 5.69 Å². The van der Waals surface area contributed by atoms with E-state index in [-0.39, 0.29) is 0 Å². The summed E-state index contributed by atoms with van der Waals surface area (Å²) in [6.45, 7) is 1.38. The highest BCUT2D eigenvalue weighted by atomic mass is 16.5. The summed E-state index contributed by atoms with van der Waals surface area (Å²) in [6.07, 6.45) is 1.98. The molecule has 0 radical (unpaired) electrons. The Bertz CT molecular complexity index is 566. The number of rotatable bonds is 3. The Balaban J connectivity index is 1.84. The van der Waals surface area contributed by atoms with Crippen molar-refractivity contribution >= 4 is 5.69 Å². The zero-order valence-corrected chi connectivity index (χ0v) is 10.7. The molecular weight excluding hydrogens is 238 g/mol. The number of aromatic hydroxyl groups is 1. The van der Waals surface area contributed by atoms with Crippen molar-refractivity contribution < 1.29 is 9.84 Å². The summed E-state index contributed by atoms with van der Waals surface area (Å²) in [5.41, 5.74) is 3.13.